The Morgan fingerprint density at radius 1 is 1.10 bits per heavy atom. The Morgan fingerprint density at radius 2 is 1.93 bits per heavy atom. The average molecular weight is 410 g/mol. The average Bonchev–Trinajstić information content (AvgIpc) is 3.20. The Morgan fingerprint density at radius 3 is 2.76 bits per heavy atom. The summed E-state index contributed by atoms with van der Waals surface area (Å²) in [6, 6.07) is 14.5. The number of benzene rings is 2. The molecular formula is C22H19FN2O3S. The molecule has 7 heteroatoms. The molecule has 0 aliphatic carbocycles. The Hall–Kier alpha value is -2.90. The molecule has 1 saturated heterocycles. The Bertz CT molecular complexity index is 1080. The second-order valence-electron chi connectivity index (χ2n) is 6.97. The first kappa shape index (κ1) is 18.1. The number of anilines is 2. The van der Waals surface area contributed by atoms with Crippen LogP contribution in [0.3, 0.4) is 0 Å². The van der Waals surface area contributed by atoms with E-state index in [1.807, 2.05) is 35.2 Å². The highest BCUT2D eigenvalue weighted by molar-refractivity contribution is 7.17. The molecule has 3 aromatic rings. The molecule has 0 radical (unpaired) electrons. The molecule has 1 aromatic heterocycles. The monoisotopic (exact) mass is 410 g/mol. The number of hydrogen-bond acceptors (Lipinski definition) is 5. The summed E-state index contributed by atoms with van der Waals surface area (Å²) in [5.74, 6) is 0.229. The molecule has 5 rings (SSSR count). The lowest BCUT2D eigenvalue weighted by atomic mass is 10.1. The fourth-order valence-electron chi connectivity index (χ4n) is 3.65. The van der Waals surface area contributed by atoms with E-state index in [0.717, 1.165) is 21.8 Å². The van der Waals surface area contributed by atoms with Gasteiger partial charge < -0.3 is 19.7 Å². The molecule has 0 spiro atoms. The number of hydrogen-bond donors (Lipinski definition) is 1. The van der Waals surface area contributed by atoms with Crippen LogP contribution in [0.25, 0.3) is 10.4 Å². The number of thiophene rings is 1. The largest absolute Gasteiger partial charge is 0.488 e. The van der Waals surface area contributed by atoms with Gasteiger partial charge in [0.2, 0.25) is 0 Å². The van der Waals surface area contributed by atoms with E-state index in [2.05, 4.69) is 5.32 Å². The van der Waals surface area contributed by atoms with Gasteiger partial charge in [-0.3, -0.25) is 4.79 Å². The lowest BCUT2D eigenvalue weighted by Crippen LogP contribution is -2.36. The maximum Gasteiger partial charge on any atom is 0.265 e. The van der Waals surface area contributed by atoms with Crippen molar-refractivity contribution in [1.29, 1.82) is 0 Å². The number of nitrogens with one attached hydrogen (secondary N) is 1. The number of amides is 1. The third-order valence-corrected chi connectivity index (χ3v) is 6.31. The zero-order valence-electron chi connectivity index (χ0n) is 15.6. The van der Waals surface area contributed by atoms with Gasteiger partial charge in [-0.25, -0.2) is 4.39 Å². The first-order valence-corrected chi connectivity index (χ1v) is 10.3. The molecule has 1 fully saturated rings. The summed E-state index contributed by atoms with van der Waals surface area (Å²) in [6.07, 6.45) is 0. The molecule has 2 aromatic carbocycles. The number of halogens is 1. The molecule has 2 aliphatic heterocycles. The van der Waals surface area contributed by atoms with Gasteiger partial charge in [-0.15, -0.1) is 11.3 Å². The highest BCUT2D eigenvalue weighted by Gasteiger charge is 2.23. The Balaban J connectivity index is 1.35. The number of morpholine rings is 1. The van der Waals surface area contributed by atoms with Crippen molar-refractivity contribution in [3.05, 3.63) is 64.8 Å². The third kappa shape index (κ3) is 3.47. The van der Waals surface area contributed by atoms with Gasteiger partial charge in [-0.05, 0) is 36.4 Å². The van der Waals surface area contributed by atoms with E-state index in [-0.39, 0.29) is 11.7 Å². The fraction of sp³-hybridized carbons (Fsp3) is 0.227. The van der Waals surface area contributed by atoms with Crippen LogP contribution in [0.15, 0.2) is 48.5 Å². The predicted octanol–water partition coefficient (Wildman–Crippen LogP) is 4.54. The van der Waals surface area contributed by atoms with Crippen molar-refractivity contribution in [3.63, 3.8) is 0 Å². The summed E-state index contributed by atoms with van der Waals surface area (Å²) >= 11 is 1.43. The number of carbonyl (C=O) groups excluding carboxylic acids is 1. The quantitative estimate of drug-likeness (QED) is 0.689. The summed E-state index contributed by atoms with van der Waals surface area (Å²) in [6.45, 7) is 2.94. The maximum absolute atomic E-state index is 14.6. The van der Waals surface area contributed by atoms with E-state index in [1.165, 1.54) is 17.4 Å². The first-order valence-electron chi connectivity index (χ1n) is 9.47. The van der Waals surface area contributed by atoms with Crippen molar-refractivity contribution in [3.8, 4) is 16.2 Å². The second kappa shape index (κ2) is 7.50. The van der Waals surface area contributed by atoms with Crippen molar-refractivity contribution < 1.29 is 18.7 Å². The highest BCUT2D eigenvalue weighted by atomic mass is 32.1. The van der Waals surface area contributed by atoms with Gasteiger partial charge in [0, 0.05) is 34.8 Å². The SMILES string of the molecule is O=C(Nc1ccc(N2CCOCC2)c(F)c1)c1cc2c(s1)-c1ccccc1OC2. The van der Waals surface area contributed by atoms with Gasteiger partial charge in [0.1, 0.15) is 18.2 Å². The lowest BCUT2D eigenvalue weighted by molar-refractivity contribution is 0.103. The van der Waals surface area contributed by atoms with E-state index in [1.54, 1.807) is 12.1 Å². The molecule has 1 N–H and O–H groups in total. The van der Waals surface area contributed by atoms with Crippen molar-refractivity contribution in [2.75, 3.05) is 36.5 Å². The lowest BCUT2D eigenvalue weighted by Gasteiger charge is -2.29. The van der Waals surface area contributed by atoms with Crippen LogP contribution in [-0.4, -0.2) is 32.2 Å². The van der Waals surface area contributed by atoms with Gasteiger partial charge >= 0.3 is 0 Å². The van der Waals surface area contributed by atoms with Gasteiger partial charge in [-0.2, -0.15) is 0 Å². The van der Waals surface area contributed by atoms with Crippen LogP contribution in [0, 0.1) is 5.82 Å². The minimum absolute atomic E-state index is 0.250. The van der Waals surface area contributed by atoms with E-state index < -0.39 is 0 Å². The van der Waals surface area contributed by atoms with Crippen LogP contribution in [0.5, 0.6) is 5.75 Å². The third-order valence-electron chi connectivity index (χ3n) is 5.10. The molecule has 1 amide bonds. The van der Waals surface area contributed by atoms with Gasteiger partial charge in [0.15, 0.2) is 0 Å². The standard InChI is InChI=1S/C22H19FN2O3S/c23-17-12-15(5-6-18(17)25-7-9-27-10-8-25)24-22(26)20-11-14-13-28-19-4-2-1-3-16(19)21(14)29-20/h1-6,11-12H,7-10,13H2,(H,24,26). The van der Waals surface area contributed by atoms with Crippen LogP contribution in [0.1, 0.15) is 15.2 Å². The molecule has 3 heterocycles. The van der Waals surface area contributed by atoms with Crippen LogP contribution in [-0.2, 0) is 11.3 Å². The molecule has 148 valence electrons. The van der Waals surface area contributed by atoms with Crippen molar-refractivity contribution >= 4 is 28.6 Å². The summed E-state index contributed by atoms with van der Waals surface area (Å²) in [7, 11) is 0. The normalized spacial score (nSPS) is 15.3. The molecule has 5 nitrogen and oxygen atoms in total. The summed E-state index contributed by atoms with van der Waals surface area (Å²) in [5, 5.41) is 2.81. The summed E-state index contributed by atoms with van der Waals surface area (Å²) in [5.41, 5.74) is 2.96. The van der Waals surface area contributed by atoms with Crippen molar-refractivity contribution in [1.82, 2.24) is 0 Å². The number of rotatable bonds is 3. The van der Waals surface area contributed by atoms with Crippen LogP contribution in [0.2, 0.25) is 0 Å². The molecule has 0 atom stereocenters. The number of nitrogens with zero attached hydrogens (tertiary/aromatic N) is 1. The number of fused-ring (bicyclic) bond motifs is 3. The molecular weight excluding hydrogens is 391 g/mol. The first-order chi connectivity index (χ1) is 14.2. The molecule has 29 heavy (non-hydrogen) atoms. The zero-order valence-corrected chi connectivity index (χ0v) is 16.4. The zero-order chi connectivity index (χ0) is 19.8. The van der Waals surface area contributed by atoms with E-state index in [0.29, 0.717) is 49.2 Å². The number of carbonyl (C=O) groups is 1. The second-order valence-corrected chi connectivity index (χ2v) is 8.02. The van der Waals surface area contributed by atoms with E-state index in [4.69, 9.17) is 9.47 Å². The van der Waals surface area contributed by atoms with Gasteiger partial charge in [-0.1, -0.05) is 12.1 Å². The van der Waals surface area contributed by atoms with E-state index in [9.17, 15) is 9.18 Å². The predicted molar refractivity (Wildman–Crippen MR) is 111 cm³/mol. The number of para-hydroxylation sites is 1. The smallest absolute Gasteiger partial charge is 0.265 e. The van der Waals surface area contributed by atoms with Crippen LogP contribution < -0.4 is 15.0 Å². The molecule has 0 bridgehead atoms. The molecule has 0 unspecified atom stereocenters. The van der Waals surface area contributed by atoms with Gasteiger partial charge in [0.25, 0.3) is 5.91 Å². The van der Waals surface area contributed by atoms with Gasteiger partial charge in [0.05, 0.1) is 23.8 Å². The topological polar surface area (TPSA) is 50.8 Å². The Kier molecular flexibility index (Phi) is 4.69. The van der Waals surface area contributed by atoms with Crippen LogP contribution >= 0.6 is 11.3 Å². The minimum atomic E-state index is -0.350. The summed E-state index contributed by atoms with van der Waals surface area (Å²) < 4.78 is 25.7. The molecule has 0 saturated carbocycles. The van der Waals surface area contributed by atoms with E-state index >= 15 is 0 Å². The van der Waals surface area contributed by atoms with Crippen LogP contribution in [0.4, 0.5) is 15.8 Å². The maximum atomic E-state index is 14.6. The van der Waals surface area contributed by atoms with Crippen molar-refractivity contribution in [2.45, 2.75) is 6.61 Å². The molecule has 2 aliphatic rings. The van der Waals surface area contributed by atoms with Crippen molar-refractivity contribution in [2.24, 2.45) is 0 Å². The number of ether oxygens (including phenoxy) is 2. The Labute approximate surface area is 171 Å². The highest BCUT2D eigenvalue weighted by Crippen LogP contribution is 2.42. The summed E-state index contributed by atoms with van der Waals surface area (Å²) in [4.78, 5) is 16.3. The fourth-order valence-corrected chi connectivity index (χ4v) is 4.74. The minimum Gasteiger partial charge on any atom is -0.488 e.